The van der Waals surface area contributed by atoms with E-state index in [4.69, 9.17) is 0 Å². The highest BCUT2D eigenvalue weighted by molar-refractivity contribution is 6.18. The third-order valence-corrected chi connectivity index (χ3v) is 3.14. The van der Waals surface area contributed by atoms with Gasteiger partial charge in [0.2, 0.25) is 11.8 Å². The van der Waals surface area contributed by atoms with Gasteiger partial charge in [-0.25, -0.2) is 4.79 Å². The van der Waals surface area contributed by atoms with Crippen molar-refractivity contribution in [1.29, 1.82) is 0 Å². The third kappa shape index (κ3) is 2.46. The van der Waals surface area contributed by atoms with Gasteiger partial charge in [-0.3, -0.25) is 19.8 Å². The van der Waals surface area contributed by atoms with Gasteiger partial charge in [-0.2, -0.15) is 0 Å². The van der Waals surface area contributed by atoms with Crippen LogP contribution in [0, 0.1) is 5.41 Å². The minimum absolute atomic E-state index is 0.0358. The Bertz CT molecular complexity index is 363. The van der Waals surface area contributed by atoms with Gasteiger partial charge in [-0.15, -0.1) is 0 Å². The SMILES string of the molecule is CC(CN1C(=O)NC(=O)C(C)(C)C1=O)N(C)C. The van der Waals surface area contributed by atoms with Crippen LogP contribution in [0.2, 0.25) is 0 Å². The Kier molecular flexibility index (Phi) is 3.56. The van der Waals surface area contributed by atoms with Crippen LogP contribution in [0.25, 0.3) is 0 Å². The van der Waals surface area contributed by atoms with Gasteiger partial charge in [0.15, 0.2) is 0 Å². The lowest BCUT2D eigenvalue weighted by molar-refractivity contribution is -0.149. The van der Waals surface area contributed by atoms with Crippen molar-refractivity contribution in [2.24, 2.45) is 5.41 Å². The highest BCUT2D eigenvalue weighted by atomic mass is 16.2. The molecular weight excluding hydrogens is 222 g/mol. The Balaban J connectivity index is 2.89. The second-order valence-electron chi connectivity index (χ2n) is 5.11. The lowest BCUT2D eigenvalue weighted by atomic mass is 9.88. The molecule has 1 rings (SSSR count). The predicted octanol–water partition coefficient (Wildman–Crippen LogP) is 0.0411. The van der Waals surface area contributed by atoms with Crippen LogP contribution < -0.4 is 5.32 Å². The summed E-state index contributed by atoms with van der Waals surface area (Å²) in [5.74, 6) is -0.985. The first-order chi connectivity index (χ1) is 7.67. The fourth-order valence-corrected chi connectivity index (χ4v) is 1.44. The normalized spacial score (nSPS) is 21.8. The number of likely N-dealkylation sites (N-methyl/N-ethyl adjacent to an activating group) is 1. The van der Waals surface area contributed by atoms with Crippen molar-refractivity contribution in [1.82, 2.24) is 15.1 Å². The molecule has 1 unspecified atom stereocenters. The largest absolute Gasteiger partial charge is 0.330 e. The van der Waals surface area contributed by atoms with E-state index >= 15 is 0 Å². The molecule has 6 heteroatoms. The minimum atomic E-state index is -1.18. The smallest absolute Gasteiger partial charge is 0.305 e. The van der Waals surface area contributed by atoms with E-state index in [2.05, 4.69) is 5.32 Å². The maximum absolute atomic E-state index is 12.1. The molecule has 17 heavy (non-hydrogen) atoms. The molecule has 4 amide bonds. The molecule has 1 saturated heterocycles. The molecule has 0 aromatic carbocycles. The highest BCUT2D eigenvalue weighted by Crippen LogP contribution is 2.23. The second kappa shape index (κ2) is 4.44. The quantitative estimate of drug-likeness (QED) is 0.708. The Morgan fingerprint density at radius 3 is 2.29 bits per heavy atom. The molecule has 1 N–H and O–H groups in total. The average molecular weight is 241 g/mol. The molecule has 1 aliphatic rings. The van der Waals surface area contributed by atoms with E-state index < -0.39 is 23.3 Å². The summed E-state index contributed by atoms with van der Waals surface area (Å²) < 4.78 is 0. The van der Waals surface area contributed by atoms with Crippen molar-refractivity contribution in [3.05, 3.63) is 0 Å². The Hall–Kier alpha value is -1.43. The zero-order valence-corrected chi connectivity index (χ0v) is 10.9. The van der Waals surface area contributed by atoms with Crippen molar-refractivity contribution in [3.63, 3.8) is 0 Å². The van der Waals surface area contributed by atoms with Gasteiger partial charge in [0.25, 0.3) is 0 Å². The summed E-state index contributed by atoms with van der Waals surface area (Å²) >= 11 is 0. The molecular formula is C11H19N3O3. The number of carbonyl (C=O) groups excluding carboxylic acids is 3. The molecule has 0 saturated carbocycles. The van der Waals surface area contributed by atoms with Gasteiger partial charge in [-0.1, -0.05) is 0 Å². The van der Waals surface area contributed by atoms with Crippen molar-refractivity contribution in [2.45, 2.75) is 26.8 Å². The van der Waals surface area contributed by atoms with Crippen LogP contribution in [0.15, 0.2) is 0 Å². The number of hydrogen-bond acceptors (Lipinski definition) is 4. The summed E-state index contributed by atoms with van der Waals surface area (Å²) in [6, 6.07) is -0.596. The molecule has 96 valence electrons. The van der Waals surface area contributed by atoms with E-state index in [1.807, 2.05) is 25.9 Å². The number of amides is 4. The van der Waals surface area contributed by atoms with Crippen molar-refractivity contribution >= 4 is 17.8 Å². The van der Waals surface area contributed by atoms with E-state index in [9.17, 15) is 14.4 Å². The first-order valence-corrected chi connectivity index (χ1v) is 5.51. The Labute approximate surface area is 101 Å². The number of nitrogens with one attached hydrogen (secondary N) is 1. The lowest BCUT2D eigenvalue weighted by Gasteiger charge is -2.36. The summed E-state index contributed by atoms with van der Waals surface area (Å²) in [6.07, 6.45) is 0. The average Bonchev–Trinajstić information content (AvgIpc) is 2.22. The Morgan fingerprint density at radius 2 is 1.82 bits per heavy atom. The molecule has 1 heterocycles. The fourth-order valence-electron chi connectivity index (χ4n) is 1.44. The van der Waals surface area contributed by atoms with Gasteiger partial charge < -0.3 is 4.90 Å². The van der Waals surface area contributed by atoms with Crippen LogP contribution in [0.1, 0.15) is 20.8 Å². The van der Waals surface area contributed by atoms with E-state index in [1.54, 1.807) is 0 Å². The molecule has 6 nitrogen and oxygen atoms in total. The highest BCUT2D eigenvalue weighted by Gasteiger charge is 2.47. The van der Waals surface area contributed by atoms with Crippen molar-refractivity contribution in [3.8, 4) is 0 Å². The monoisotopic (exact) mass is 241 g/mol. The van der Waals surface area contributed by atoms with E-state index in [-0.39, 0.29) is 12.6 Å². The zero-order chi connectivity index (χ0) is 13.4. The molecule has 1 fully saturated rings. The molecule has 0 spiro atoms. The number of rotatable bonds is 3. The number of hydrogen-bond donors (Lipinski definition) is 1. The van der Waals surface area contributed by atoms with Gasteiger partial charge >= 0.3 is 6.03 Å². The maximum atomic E-state index is 12.1. The summed E-state index contributed by atoms with van der Waals surface area (Å²) in [5.41, 5.74) is -1.18. The standard InChI is InChI=1S/C11H19N3O3/c1-7(13(4)5)6-14-9(16)11(2,3)8(15)12-10(14)17/h7H,6H2,1-5H3,(H,12,15,17). The molecule has 0 aromatic rings. The van der Waals surface area contributed by atoms with Crippen molar-refractivity contribution in [2.75, 3.05) is 20.6 Å². The predicted molar refractivity (Wildman–Crippen MR) is 62.2 cm³/mol. The molecule has 1 atom stereocenters. The number of carbonyl (C=O) groups is 3. The zero-order valence-electron chi connectivity index (χ0n) is 10.9. The van der Waals surface area contributed by atoms with Crippen LogP contribution in [0.4, 0.5) is 4.79 Å². The first-order valence-electron chi connectivity index (χ1n) is 5.51. The van der Waals surface area contributed by atoms with Gasteiger partial charge in [0.05, 0.1) is 0 Å². The summed E-state index contributed by atoms with van der Waals surface area (Å²) in [6.45, 7) is 5.22. The summed E-state index contributed by atoms with van der Waals surface area (Å²) in [5, 5.41) is 2.20. The first kappa shape index (κ1) is 13.6. The van der Waals surface area contributed by atoms with E-state index in [1.165, 1.54) is 13.8 Å². The fraction of sp³-hybridized carbons (Fsp3) is 0.727. The number of barbiturate groups is 1. The topological polar surface area (TPSA) is 69.7 Å². The van der Waals surface area contributed by atoms with Crippen LogP contribution in [0.5, 0.6) is 0 Å². The lowest BCUT2D eigenvalue weighted by Crippen LogP contribution is -2.63. The van der Waals surface area contributed by atoms with Crippen LogP contribution in [-0.4, -0.2) is 54.3 Å². The molecule has 1 aliphatic heterocycles. The Morgan fingerprint density at radius 1 is 1.29 bits per heavy atom. The molecule has 0 radical (unpaired) electrons. The van der Waals surface area contributed by atoms with E-state index in [0.717, 1.165) is 4.90 Å². The van der Waals surface area contributed by atoms with Gasteiger partial charge in [0, 0.05) is 12.6 Å². The van der Waals surface area contributed by atoms with Crippen LogP contribution in [-0.2, 0) is 9.59 Å². The van der Waals surface area contributed by atoms with E-state index in [0.29, 0.717) is 0 Å². The summed E-state index contributed by atoms with van der Waals surface area (Å²) in [4.78, 5) is 38.2. The number of urea groups is 1. The molecule has 0 aromatic heterocycles. The minimum Gasteiger partial charge on any atom is -0.305 e. The maximum Gasteiger partial charge on any atom is 0.330 e. The van der Waals surface area contributed by atoms with Crippen LogP contribution >= 0.6 is 0 Å². The number of imide groups is 2. The summed E-state index contributed by atoms with van der Waals surface area (Å²) in [7, 11) is 3.74. The van der Waals surface area contributed by atoms with Gasteiger partial charge in [-0.05, 0) is 34.9 Å². The third-order valence-electron chi connectivity index (χ3n) is 3.14. The molecule has 0 bridgehead atoms. The number of nitrogens with zero attached hydrogens (tertiary/aromatic N) is 2. The van der Waals surface area contributed by atoms with Gasteiger partial charge in [0.1, 0.15) is 5.41 Å². The molecule has 0 aliphatic carbocycles. The van der Waals surface area contributed by atoms with Crippen LogP contribution in [0.3, 0.4) is 0 Å². The second-order valence-corrected chi connectivity index (χ2v) is 5.11. The van der Waals surface area contributed by atoms with Crippen molar-refractivity contribution < 1.29 is 14.4 Å².